The zero-order chi connectivity index (χ0) is 45.7. The van der Waals surface area contributed by atoms with Gasteiger partial charge in [-0.3, -0.25) is 19.2 Å². The minimum absolute atomic E-state index is 0.0398. The molecule has 0 aliphatic carbocycles. The molecule has 3 aromatic carbocycles. The number of ether oxygens (including phenoxy) is 4. The molecule has 3 aliphatic rings. The number of aromatic nitrogens is 1. The van der Waals surface area contributed by atoms with Gasteiger partial charge < -0.3 is 59.3 Å². The van der Waals surface area contributed by atoms with E-state index >= 15 is 0 Å². The second kappa shape index (κ2) is 17.6. The summed E-state index contributed by atoms with van der Waals surface area (Å²) in [4.78, 5) is 60.8. The second-order valence-corrected chi connectivity index (χ2v) is 16.9. The molecule has 336 valence electrons. The number of carbonyl (C=O) groups excluding carboxylic acids is 2. The van der Waals surface area contributed by atoms with Gasteiger partial charge in [-0.25, -0.2) is 4.98 Å². The molecule has 4 aromatic rings. The molecule has 63 heavy (non-hydrogen) atoms. The van der Waals surface area contributed by atoms with Gasteiger partial charge in [0, 0.05) is 106 Å². The molecule has 4 heterocycles. The third kappa shape index (κ3) is 8.33. The third-order valence-electron chi connectivity index (χ3n) is 12.5. The van der Waals surface area contributed by atoms with Gasteiger partial charge in [-0.15, -0.1) is 0 Å². The van der Waals surface area contributed by atoms with Crippen LogP contribution >= 0.6 is 0 Å². The Bertz CT molecular complexity index is 2740. The lowest BCUT2D eigenvalue weighted by molar-refractivity contribution is -0.160. The molecule has 9 atom stereocenters. The van der Waals surface area contributed by atoms with Gasteiger partial charge in [-0.1, -0.05) is 45.9 Å². The molecule has 0 unspecified atom stereocenters. The number of benzene rings is 3. The maximum atomic E-state index is 14.0. The zero-order valence-electron chi connectivity index (χ0n) is 36.4. The van der Waals surface area contributed by atoms with Crippen molar-refractivity contribution in [3.8, 4) is 11.5 Å². The Labute approximate surface area is 362 Å². The number of anilines is 2. The van der Waals surface area contributed by atoms with Crippen molar-refractivity contribution in [2.75, 3.05) is 43.5 Å². The van der Waals surface area contributed by atoms with Gasteiger partial charge in [0.25, 0.3) is 5.91 Å². The van der Waals surface area contributed by atoms with E-state index in [2.05, 4.69) is 10.6 Å². The first-order chi connectivity index (χ1) is 29.9. The number of hydrogen-bond donors (Lipinski definition) is 6. The Balaban J connectivity index is 1.46. The Kier molecular flexibility index (Phi) is 12.6. The number of fused-ring (bicyclic) bond motifs is 2. The average molecular weight is 871 g/mol. The predicted octanol–water partition coefficient (Wildman–Crippen LogP) is 3.66. The Morgan fingerprint density at radius 2 is 1.65 bits per heavy atom. The number of nitrogens with one attached hydrogen (secondary N) is 2. The number of aromatic hydroxyl groups is 1. The highest BCUT2D eigenvalue weighted by Crippen LogP contribution is 2.42. The molecular formula is C46H54N4O13. The topological polar surface area (TPSA) is 239 Å². The Morgan fingerprint density at radius 3 is 2.33 bits per heavy atom. The van der Waals surface area contributed by atoms with Gasteiger partial charge in [0.15, 0.2) is 33.6 Å². The van der Waals surface area contributed by atoms with Gasteiger partial charge in [-0.2, -0.15) is 0 Å². The van der Waals surface area contributed by atoms with Gasteiger partial charge in [0.1, 0.15) is 23.1 Å². The van der Waals surface area contributed by atoms with Crippen LogP contribution in [-0.4, -0.2) is 101 Å². The standard InChI is InChI=1S/C46H54N4O13/c1-21-10-9-11-22(2)45(58)49-38-41(56)33-28(52)20-31-34(35(33)37-43(38)62-32-19-27(18-29(53)36(32)48-37)50-15-13-47-14-16-50)44(57)46(7,63-31)60-17-12-30(59-8)23(3)42(61-26(6)51)25(5)40(55)24(4)39(21)54/h9-12,17-21,23-25,30,39-40,42,47,54-57H,13-16H2,1-8H3,(H,49,58)/b10-9+,17-12+,22-11-/t21-,23+,24+,25+,30-,39-,40+,42+,46-/m0/s1. The quantitative estimate of drug-likeness (QED) is 0.0746. The number of piperazine rings is 1. The minimum atomic E-state index is -1.98. The number of carbonyl (C=O) groups is 2. The molecule has 6 N–H and O–H groups in total. The van der Waals surface area contributed by atoms with Crippen LogP contribution in [0.25, 0.3) is 38.7 Å². The number of allylic oxidation sites excluding steroid dienone is 2. The fourth-order valence-corrected chi connectivity index (χ4v) is 8.78. The van der Waals surface area contributed by atoms with Crippen LogP contribution in [0.4, 0.5) is 11.4 Å². The molecule has 1 saturated heterocycles. The highest BCUT2D eigenvalue weighted by Gasteiger charge is 2.43. The first-order valence-corrected chi connectivity index (χ1v) is 21.0. The lowest BCUT2D eigenvalue weighted by atomic mass is 9.78. The lowest BCUT2D eigenvalue weighted by Gasteiger charge is -2.38. The maximum absolute atomic E-state index is 14.0. The van der Waals surface area contributed by atoms with E-state index in [1.165, 1.54) is 52.4 Å². The maximum Gasteiger partial charge on any atom is 0.307 e. The van der Waals surface area contributed by atoms with Crippen molar-refractivity contribution in [2.45, 2.75) is 78.7 Å². The molecular weight excluding hydrogens is 817 g/mol. The van der Waals surface area contributed by atoms with Crippen molar-refractivity contribution in [2.24, 2.45) is 23.7 Å². The number of amides is 1. The molecule has 0 radical (unpaired) electrons. The van der Waals surface area contributed by atoms with Crippen LogP contribution in [-0.2, 0) is 23.8 Å². The number of aliphatic hydroxyl groups is 3. The molecule has 1 aromatic heterocycles. The number of phenolic OH excluding ortho intramolecular Hbond substituents is 1. The summed E-state index contributed by atoms with van der Waals surface area (Å²) in [6, 6.07) is 4.15. The van der Waals surface area contributed by atoms with E-state index < -0.39 is 88.1 Å². The monoisotopic (exact) mass is 870 g/mol. The fourth-order valence-electron chi connectivity index (χ4n) is 8.78. The highest BCUT2D eigenvalue weighted by atomic mass is 16.7. The molecule has 3 aliphatic heterocycles. The summed E-state index contributed by atoms with van der Waals surface area (Å²) in [5.74, 6) is -7.14. The summed E-state index contributed by atoms with van der Waals surface area (Å²) < 4.78 is 30.1. The van der Waals surface area contributed by atoms with Crippen LogP contribution in [0, 0.1) is 23.7 Å². The largest absolute Gasteiger partial charge is 0.505 e. The molecule has 0 saturated carbocycles. The van der Waals surface area contributed by atoms with E-state index in [9.17, 15) is 39.6 Å². The van der Waals surface area contributed by atoms with E-state index in [-0.39, 0.29) is 55.2 Å². The van der Waals surface area contributed by atoms with Crippen molar-refractivity contribution in [1.82, 2.24) is 10.3 Å². The molecule has 17 nitrogen and oxygen atoms in total. The summed E-state index contributed by atoms with van der Waals surface area (Å²) in [7, 11) is 1.44. The third-order valence-corrected chi connectivity index (χ3v) is 12.5. The first-order valence-electron chi connectivity index (χ1n) is 21.0. The summed E-state index contributed by atoms with van der Waals surface area (Å²) in [6.45, 7) is 13.7. The average Bonchev–Trinajstić information content (AvgIpc) is 3.51. The van der Waals surface area contributed by atoms with Gasteiger partial charge in [0.05, 0.1) is 35.2 Å². The first kappa shape index (κ1) is 45.0. The summed E-state index contributed by atoms with van der Waals surface area (Å²) in [6.07, 6.45) is 3.54. The number of hydrogen-bond acceptors (Lipinski definition) is 16. The SMILES string of the molecule is CO[C@H]1/C=C/O[C@@]2(C)Oc3cc(=O)c4c(O)c(c5oc6cc(N7CCNCC7)cc(=O)c6nc5c4c3=C2O)NC(=O)/C(C)=C\C=C\[C@H](C)[C@H](O)[C@@H](C)[C@@H](O)[C@@H](C)[C@H](OC(C)=O)[C@@H]1C. The van der Waals surface area contributed by atoms with Crippen molar-refractivity contribution < 1.29 is 53.4 Å². The van der Waals surface area contributed by atoms with Crippen molar-refractivity contribution >= 4 is 62.0 Å². The normalized spacial score (nSPS) is 30.4. The van der Waals surface area contributed by atoms with Crippen molar-refractivity contribution in [3.05, 3.63) is 80.0 Å². The van der Waals surface area contributed by atoms with E-state index in [0.717, 1.165) is 6.07 Å². The predicted molar refractivity (Wildman–Crippen MR) is 235 cm³/mol. The van der Waals surface area contributed by atoms with Crippen LogP contribution in [0.5, 0.6) is 11.5 Å². The Hall–Kier alpha value is -6.01. The number of phenols is 1. The van der Waals surface area contributed by atoms with Crippen LogP contribution in [0.15, 0.2) is 68.3 Å². The second-order valence-electron chi connectivity index (χ2n) is 16.9. The van der Waals surface area contributed by atoms with Crippen molar-refractivity contribution in [1.29, 1.82) is 0 Å². The molecule has 1 amide bonds. The summed E-state index contributed by atoms with van der Waals surface area (Å²) in [5, 5.41) is 52.3. The molecule has 1 fully saturated rings. The van der Waals surface area contributed by atoms with Gasteiger partial charge >= 0.3 is 11.8 Å². The molecule has 17 heteroatoms. The van der Waals surface area contributed by atoms with Crippen LogP contribution in [0.1, 0.15) is 48.5 Å². The van der Waals surface area contributed by atoms with Gasteiger partial charge in [-0.05, 0) is 13.0 Å². The Morgan fingerprint density at radius 1 is 0.937 bits per heavy atom. The van der Waals surface area contributed by atoms with Crippen LogP contribution in [0.2, 0.25) is 0 Å². The number of esters is 1. The fraction of sp³-hybridized carbons (Fsp3) is 0.457. The smallest absolute Gasteiger partial charge is 0.307 e. The molecule has 4 bridgehead atoms. The number of nitrogens with zero attached hydrogens (tertiary/aromatic N) is 2. The van der Waals surface area contributed by atoms with E-state index in [1.807, 2.05) is 4.90 Å². The molecule has 7 rings (SSSR count). The summed E-state index contributed by atoms with van der Waals surface area (Å²) >= 11 is 0. The van der Waals surface area contributed by atoms with E-state index in [1.54, 1.807) is 45.9 Å². The number of methoxy groups -OCH3 is 1. The minimum Gasteiger partial charge on any atom is -0.505 e. The zero-order valence-corrected chi connectivity index (χ0v) is 36.4. The summed E-state index contributed by atoms with van der Waals surface area (Å²) in [5.41, 5.74) is -1.26. The van der Waals surface area contributed by atoms with E-state index in [0.29, 0.717) is 31.9 Å². The lowest BCUT2D eigenvalue weighted by Crippen LogP contribution is -2.46. The van der Waals surface area contributed by atoms with E-state index in [4.69, 9.17) is 28.3 Å². The van der Waals surface area contributed by atoms with Gasteiger partial charge in [0.2, 0.25) is 5.43 Å². The number of aliphatic hydroxyl groups excluding tert-OH is 3. The van der Waals surface area contributed by atoms with Crippen LogP contribution < -0.4 is 36.3 Å². The number of rotatable bonds is 3. The highest BCUT2D eigenvalue weighted by molar-refractivity contribution is 6.18. The molecule has 0 spiro atoms. The van der Waals surface area contributed by atoms with Crippen molar-refractivity contribution in [3.63, 3.8) is 0 Å². The van der Waals surface area contributed by atoms with Crippen LogP contribution in [0.3, 0.4) is 0 Å².